The van der Waals surface area contributed by atoms with Crippen molar-refractivity contribution in [2.24, 2.45) is 0 Å². The van der Waals surface area contributed by atoms with Gasteiger partial charge in [0.15, 0.2) is 0 Å². The van der Waals surface area contributed by atoms with E-state index in [0.717, 1.165) is 77.1 Å². The molecule has 14 rings (SSSR count). The molecule has 0 saturated carbocycles. The molecule has 1 unspecified atom stereocenters. The molecular weight excluding hydrogens is 805 g/mol. The van der Waals surface area contributed by atoms with E-state index >= 15 is 0 Å². The van der Waals surface area contributed by atoms with Crippen LogP contribution in [-0.4, -0.2) is 19.7 Å². The Kier molecular flexibility index (Phi) is 7.55. The van der Waals surface area contributed by atoms with Crippen molar-refractivity contribution in [3.63, 3.8) is 0 Å². The standard InChI is InChI=1S/C60H36N6/c61-35-38-31-57(66-53-25-13-9-21-46(53)48-33-47-45-20-8-12-24-52(45)63(58(47)34-59(48)66)40-15-2-1-3-16-40)39(36-62)30-56(38)65-54-29-27-41(32-49(54)60-42-17-5-4-14-37(42)26-28-55(60)65)64-50-22-10-6-18-43(50)44-19-7-11-23-51(44)64/h1-33,58H,34H2. The van der Waals surface area contributed by atoms with Gasteiger partial charge >= 0.3 is 0 Å². The monoisotopic (exact) mass is 840 g/mol. The van der Waals surface area contributed by atoms with Crippen LogP contribution >= 0.6 is 0 Å². The first-order valence-electron chi connectivity index (χ1n) is 22.4. The molecule has 12 aromatic rings. The van der Waals surface area contributed by atoms with Crippen molar-refractivity contribution in [2.75, 3.05) is 4.90 Å². The molecule has 2 aliphatic rings. The van der Waals surface area contributed by atoms with Gasteiger partial charge in [-0.15, -0.1) is 0 Å². The second kappa shape index (κ2) is 13.7. The molecule has 0 spiro atoms. The average Bonchev–Trinajstić information content (AvgIpc) is 4.10. The highest BCUT2D eigenvalue weighted by atomic mass is 15.2. The van der Waals surface area contributed by atoms with Crippen LogP contribution in [0, 0.1) is 22.7 Å². The summed E-state index contributed by atoms with van der Waals surface area (Å²) in [6.45, 7) is 0. The Morgan fingerprint density at radius 2 is 1.00 bits per heavy atom. The third kappa shape index (κ3) is 4.93. The number of para-hydroxylation sites is 5. The minimum atomic E-state index is 0.0421. The number of fused-ring (bicyclic) bond motifs is 14. The van der Waals surface area contributed by atoms with Crippen LogP contribution in [-0.2, 0) is 6.42 Å². The Labute approximate surface area is 379 Å². The maximum absolute atomic E-state index is 11.2. The summed E-state index contributed by atoms with van der Waals surface area (Å²) < 4.78 is 6.80. The third-order valence-electron chi connectivity index (χ3n) is 14.2. The van der Waals surface area contributed by atoms with Crippen LogP contribution in [0.25, 0.3) is 94.0 Å². The maximum atomic E-state index is 11.2. The van der Waals surface area contributed by atoms with Crippen LogP contribution < -0.4 is 4.90 Å². The number of nitrogens with zero attached hydrogens (tertiary/aromatic N) is 6. The second-order valence-electron chi connectivity index (χ2n) is 17.5. The number of aromatic nitrogens is 3. The Morgan fingerprint density at radius 1 is 0.424 bits per heavy atom. The molecule has 3 aromatic heterocycles. The summed E-state index contributed by atoms with van der Waals surface area (Å²) in [6, 6.07) is 73.6. The summed E-state index contributed by atoms with van der Waals surface area (Å²) in [5.74, 6) is 0. The summed E-state index contributed by atoms with van der Waals surface area (Å²) in [6.07, 6.45) is 3.08. The minimum Gasteiger partial charge on any atom is -0.333 e. The first-order chi connectivity index (χ1) is 32.7. The first kappa shape index (κ1) is 36.4. The van der Waals surface area contributed by atoms with Gasteiger partial charge in [-0.05, 0) is 95.2 Å². The lowest BCUT2D eigenvalue weighted by atomic mass is 9.89. The van der Waals surface area contributed by atoms with E-state index in [1.54, 1.807) is 0 Å². The van der Waals surface area contributed by atoms with Crippen molar-refractivity contribution in [3.8, 4) is 29.2 Å². The lowest BCUT2D eigenvalue weighted by molar-refractivity contribution is 0.771. The van der Waals surface area contributed by atoms with Crippen molar-refractivity contribution < 1.29 is 0 Å². The summed E-state index contributed by atoms with van der Waals surface area (Å²) in [5, 5.41) is 30.5. The molecule has 1 aliphatic carbocycles. The van der Waals surface area contributed by atoms with E-state index in [2.05, 4.69) is 219 Å². The average molecular weight is 841 g/mol. The van der Waals surface area contributed by atoms with Gasteiger partial charge in [0.1, 0.15) is 12.1 Å². The number of benzene rings is 9. The van der Waals surface area contributed by atoms with Crippen LogP contribution in [0.2, 0.25) is 0 Å². The summed E-state index contributed by atoms with van der Waals surface area (Å²) in [5.41, 5.74) is 15.8. The Bertz CT molecular complexity index is 4130. The molecule has 1 atom stereocenters. The van der Waals surface area contributed by atoms with Crippen molar-refractivity contribution in [1.82, 2.24) is 13.7 Å². The predicted molar refractivity (Wildman–Crippen MR) is 269 cm³/mol. The van der Waals surface area contributed by atoms with Crippen LogP contribution in [0.1, 0.15) is 27.9 Å². The molecule has 6 heteroatoms. The Morgan fingerprint density at radius 3 is 1.73 bits per heavy atom. The van der Waals surface area contributed by atoms with Crippen molar-refractivity contribution in [1.29, 1.82) is 10.5 Å². The van der Waals surface area contributed by atoms with Crippen LogP contribution in [0.3, 0.4) is 0 Å². The third-order valence-corrected chi connectivity index (χ3v) is 14.2. The lowest BCUT2D eigenvalue weighted by Crippen LogP contribution is -2.31. The van der Waals surface area contributed by atoms with E-state index in [9.17, 15) is 10.5 Å². The number of anilines is 2. The molecule has 0 fully saturated rings. The van der Waals surface area contributed by atoms with Gasteiger partial charge in [0, 0.05) is 67.2 Å². The SMILES string of the molecule is N#Cc1cc(-n2c3ccc(-n4c5ccccc5c5ccccc54)cc3c3c4ccccc4ccc32)c(C#N)cc1-n1c2c(c3ccccc31)C=C1c3ccccc3N(c3ccccc3)C1C2. The van der Waals surface area contributed by atoms with Gasteiger partial charge in [0.25, 0.3) is 0 Å². The molecule has 0 saturated heterocycles. The zero-order chi connectivity index (χ0) is 43.6. The number of hydrogen-bond donors (Lipinski definition) is 0. The lowest BCUT2D eigenvalue weighted by Gasteiger charge is -2.31. The molecule has 1 aliphatic heterocycles. The number of nitriles is 2. The first-order valence-corrected chi connectivity index (χ1v) is 22.4. The van der Waals surface area contributed by atoms with Crippen molar-refractivity contribution in [2.45, 2.75) is 12.5 Å². The molecule has 4 heterocycles. The molecule has 66 heavy (non-hydrogen) atoms. The molecular formula is C60H36N6. The molecule has 9 aromatic carbocycles. The maximum Gasteiger partial charge on any atom is 0.101 e. The highest BCUT2D eigenvalue weighted by Crippen LogP contribution is 2.51. The fourth-order valence-electron chi connectivity index (χ4n) is 11.5. The molecule has 306 valence electrons. The van der Waals surface area contributed by atoms with Gasteiger partial charge in [-0.1, -0.05) is 121 Å². The van der Waals surface area contributed by atoms with E-state index in [0.29, 0.717) is 28.9 Å². The van der Waals surface area contributed by atoms with Gasteiger partial charge < -0.3 is 18.6 Å². The van der Waals surface area contributed by atoms with Gasteiger partial charge in [0.2, 0.25) is 0 Å². The Balaban J connectivity index is 1.00. The summed E-state index contributed by atoms with van der Waals surface area (Å²) >= 11 is 0. The molecule has 0 N–H and O–H groups in total. The zero-order valence-electron chi connectivity index (χ0n) is 35.5. The van der Waals surface area contributed by atoms with Crippen LogP contribution in [0.4, 0.5) is 11.4 Å². The second-order valence-corrected chi connectivity index (χ2v) is 17.5. The van der Waals surface area contributed by atoms with Gasteiger partial charge in [0.05, 0.1) is 56.1 Å². The fourth-order valence-corrected chi connectivity index (χ4v) is 11.5. The van der Waals surface area contributed by atoms with Crippen molar-refractivity contribution >= 4 is 88.3 Å². The predicted octanol–water partition coefficient (Wildman–Crippen LogP) is 14.3. The number of hydrogen-bond acceptors (Lipinski definition) is 3. The fraction of sp³-hybridized carbons (Fsp3) is 0.0333. The topological polar surface area (TPSA) is 65.6 Å². The highest BCUT2D eigenvalue weighted by Gasteiger charge is 2.39. The molecule has 0 bridgehead atoms. The van der Waals surface area contributed by atoms with Gasteiger partial charge in [-0.3, -0.25) is 0 Å². The largest absolute Gasteiger partial charge is 0.333 e. The molecule has 0 amide bonds. The summed E-state index contributed by atoms with van der Waals surface area (Å²) in [7, 11) is 0. The number of rotatable bonds is 4. The van der Waals surface area contributed by atoms with E-state index < -0.39 is 0 Å². The molecule has 0 radical (unpaired) electrons. The minimum absolute atomic E-state index is 0.0421. The van der Waals surface area contributed by atoms with E-state index in [1.807, 2.05) is 12.1 Å². The smallest absolute Gasteiger partial charge is 0.101 e. The van der Waals surface area contributed by atoms with Gasteiger partial charge in [-0.2, -0.15) is 10.5 Å². The molecule has 6 nitrogen and oxygen atoms in total. The Hall–Kier alpha value is -9.10. The van der Waals surface area contributed by atoms with E-state index in [4.69, 9.17) is 0 Å². The highest BCUT2D eigenvalue weighted by molar-refractivity contribution is 6.22. The van der Waals surface area contributed by atoms with Gasteiger partial charge in [-0.25, -0.2) is 0 Å². The van der Waals surface area contributed by atoms with Crippen LogP contribution in [0.15, 0.2) is 194 Å². The zero-order valence-corrected chi connectivity index (χ0v) is 35.5. The quantitative estimate of drug-likeness (QED) is 0.177. The van der Waals surface area contributed by atoms with E-state index in [-0.39, 0.29) is 6.04 Å². The van der Waals surface area contributed by atoms with Crippen LogP contribution in [0.5, 0.6) is 0 Å². The van der Waals surface area contributed by atoms with E-state index in [1.165, 1.54) is 27.6 Å². The van der Waals surface area contributed by atoms with Crippen molar-refractivity contribution in [3.05, 3.63) is 222 Å². The normalized spacial score (nSPS) is 14.2. The summed E-state index contributed by atoms with van der Waals surface area (Å²) in [4.78, 5) is 2.46.